The Morgan fingerprint density at radius 1 is 0.938 bits per heavy atom. The van der Waals surface area contributed by atoms with E-state index in [1.54, 1.807) is 0 Å². The van der Waals surface area contributed by atoms with E-state index in [4.69, 9.17) is 0 Å². The standard InChI is InChI=1S/C6H4F3N3O3Si/c7-5(8,9)4(16)6(10-1-13,11-2-14)12-3-15/h4H,16H3. The molecule has 0 amide bonds. The molecule has 0 aromatic heterocycles. The Labute approximate surface area is 89.4 Å². The molecule has 0 aromatic carbocycles. The van der Waals surface area contributed by atoms with E-state index in [0.29, 0.717) is 0 Å². The minimum absolute atomic E-state index is 0.595. The summed E-state index contributed by atoms with van der Waals surface area (Å²) in [6, 6.07) is 0. The monoisotopic (exact) mass is 251 g/mol. The molecule has 1 unspecified atom stereocenters. The zero-order valence-corrected chi connectivity index (χ0v) is 9.78. The van der Waals surface area contributed by atoms with E-state index >= 15 is 0 Å². The molecule has 0 bridgehead atoms. The van der Waals surface area contributed by atoms with E-state index in [0.717, 1.165) is 18.2 Å². The highest BCUT2D eigenvalue weighted by Crippen LogP contribution is 2.40. The lowest BCUT2D eigenvalue weighted by Gasteiger charge is -2.24. The number of alkyl halides is 3. The summed E-state index contributed by atoms with van der Waals surface area (Å²) in [6.45, 7) is 0. The Morgan fingerprint density at radius 3 is 1.44 bits per heavy atom. The number of isocyanates is 3. The third-order valence-electron chi connectivity index (χ3n) is 1.70. The molecule has 16 heavy (non-hydrogen) atoms. The minimum atomic E-state index is -4.81. The van der Waals surface area contributed by atoms with Crippen molar-refractivity contribution in [2.45, 2.75) is 17.5 Å². The van der Waals surface area contributed by atoms with Crippen LogP contribution in [-0.2, 0) is 14.4 Å². The fraction of sp³-hybridized carbons (Fsp3) is 0.500. The summed E-state index contributed by atoms with van der Waals surface area (Å²) in [6.07, 6.45) is -2.46. The molecule has 0 heterocycles. The fourth-order valence-corrected chi connectivity index (χ4v) is 1.17. The Bertz CT molecular complexity index is 359. The number of aliphatic imine (C=N–C) groups is 3. The molecule has 0 aliphatic rings. The maximum atomic E-state index is 12.4. The van der Waals surface area contributed by atoms with Crippen molar-refractivity contribution in [3.8, 4) is 0 Å². The van der Waals surface area contributed by atoms with E-state index in [2.05, 4.69) is 15.0 Å². The van der Waals surface area contributed by atoms with Gasteiger partial charge in [-0.15, -0.1) is 15.0 Å². The van der Waals surface area contributed by atoms with Gasteiger partial charge in [0.1, 0.15) is 5.54 Å². The van der Waals surface area contributed by atoms with Crippen LogP contribution in [0, 0.1) is 0 Å². The summed E-state index contributed by atoms with van der Waals surface area (Å²) in [5.74, 6) is -2.87. The highest BCUT2D eigenvalue weighted by atomic mass is 28.1. The molecule has 6 nitrogen and oxygen atoms in total. The van der Waals surface area contributed by atoms with Gasteiger partial charge < -0.3 is 0 Å². The number of hydrogen-bond acceptors (Lipinski definition) is 6. The van der Waals surface area contributed by atoms with Gasteiger partial charge in [0.15, 0.2) is 0 Å². The summed E-state index contributed by atoms with van der Waals surface area (Å²) in [5.41, 5.74) is -2.33. The Balaban J connectivity index is 5.79. The van der Waals surface area contributed by atoms with Crippen LogP contribution in [0.25, 0.3) is 0 Å². The Morgan fingerprint density at radius 2 is 1.25 bits per heavy atom. The van der Waals surface area contributed by atoms with E-state index in [9.17, 15) is 27.6 Å². The second kappa shape index (κ2) is 5.29. The van der Waals surface area contributed by atoms with Crippen molar-refractivity contribution >= 4 is 28.5 Å². The average Bonchev–Trinajstić information content (AvgIpc) is 2.16. The third kappa shape index (κ3) is 3.08. The fourth-order valence-electron chi connectivity index (χ4n) is 0.787. The van der Waals surface area contributed by atoms with Crippen LogP contribution in [0.1, 0.15) is 0 Å². The third-order valence-corrected chi connectivity index (χ3v) is 3.13. The van der Waals surface area contributed by atoms with Gasteiger partial charge in [-0.1, -0.05) is 0 Å². The molecule has 0 saturated carbocycles. The van der Waals surface area contributed by atoms with Crippen LogP contribution >= 0.6 is 0 Å². The zero-order valence-electron chi connectivity index (χ0n) is 7.78. The first-order valence-corrected chi connectivity index (χ1v) is 4.83. The Hall–Kier alpha value is -1.85. The first-order valence-electron chi connectivity index (χ1n) is 3.68. The Kier molecular flexibility index (Phi) is 4.68. The molecular formula is C6H4F3N3O3Si. The van der Waals surface area contributed by atoms with Crippen LogP contribution in [0.2, 0.25) is 5.54 Å². The summed E-state index contributed by atoms with van der Waals surface area (Å²) in [7, 11) is -0.595. The lowest BCUT2D eigenvalue weighted by atomic mass is 10.2. The predicted molar refractivity (Wildman–Crippen MR) is 46.8 cm³/mol. The van der Waals surface area contributed by atoms with Crippen LogP contribution in [0.3, 0.4) is 0 Å². The molecule has 10 heteroatoms. The van der Waals surface area contributed by atoms with Crippen LogP contribution < -0.4 is 0 Å². The van der Waals surface area contributed by atoms with E-state index in [1.165, 1.54) is 0 Å². The summed E-state index contributed by atoms with van der Waals surface area (Å²) >= 11 is 0. The molecule has 0 saturated heterocycles. The van der Waals surface area contributed by atoms with Gasteiger partial charge >= 0.3 is 6.18 Å². The van der Waals surface area contributed by atoms with Gasteiger partial charge in [0, 0.05) is 10.2 Å². The molecule has 0 fully saturated rings. The molecule has 0 spiro atoms. The lowest BCUT2D eigenvalue weighted by Crippen LogP contribution is -2.37. The zero-order chi connectivity index (χ0) is 12.8. The minimum Gasteiger partial charge on any atom is -0.211 e. The van der Waals surface area contributed by atoms with Crippen LogP contribution in [0.4, 0.5) is 13.2 Å². The number of rotatable bonds is 4. The van der Waals surface area contributed by atoms with Crippen LogP contribution in [-0.4, -0.2) is 40.4 Å². The van der Waals surface area contributed by atoms with E-state index < -0.39 is 27.7 Å². The second-order valence-corrected chi connectivity index (χ2v) is 3.71. The summed E-state index contributed by atoms with van der Waals surface area (Å²) < 4.78 is 37.1. The smallest absolute Gasteiger partial charge is 0.211 e. The van der Waals surface area contributed by atoms with Gasteiger partial charge in [-0.3, -0.25) is 0 Å². The van der Waals surface area contributed by atoms with Crippen molar-refractivity contribution in [3.05, 3.63) is 0 Å². The number of carbonyl (C=O) groups excluding carboxylic acids is 3. The number of hydrogen-bond donors (Lipinski definition) is 0. The summed E-state index contributed by atoms with van der Waals surface area (Å²) in [5, 5.41) is 0. The van der Waals surface area contributed by atoms with Gasteiger partial charge in [-0.05, 0) is 0 Å². The van der Waals surface area contributed by atoms with E-state index in [1.807, 2.05) is 0 Å². The maximum Gasteiger partial charge on any atom is 0.394 e. The molecule has 0 rings (SSSR count). The normalized spacial score (nSPS) is 15.9. The van der Waals surface area contributed by atoms with Gasteiger partial charge in [-0.25, -0.2) is 14.4 Å². The lowest BCUT2D eigenvalue weighted by molar-refractivity contribution is -0.144. The molecule has 1 atom stereocenters. The van der Waals surface area contributed by atoms with Crippen LogP contribution in [0.5, 0.6) is 0 Å². The summed E-state index contributed by atoms with van der Waals surface area (Å²) in [4.78, 5) is 37.9. The molecule has 0 aliphatic heterocycles. The molecule has 0 N–H and O–H groups in total. The van der Waals surface area contributed by atoms with Crippen molar-refractivity contribution in [1.82, 2.24) is 0 Å². The predicted octanol–water partition coefficient (Wildman–Crippen LogP) is -0.636. The van der Waals surface area contributed by atoms with Crippen molar-refractivity contribution < 1.29 is 27.6 Å². The SMILES string of the molecule is O=C=NC(N=C=O)(N=C=O)C([SiH3])C(F)(F)F. The molecular weight excluding hydrogens is 247 g/mol. The van der Waals surface area contributed by atoms with Gasteiger partial charge in [0.2, 0.25) is 18.2 Å². The first kappa shape index (κ1) is 14.1. The molecule has 0 aliphatic carbocycles. The van der Waals surface area contributed by atoms with Crippen molar-refractivity contribution in [2.75, 3.05) is 0 Å². The van der Waals surface area contributed by atoms with Gasteiger partial charge in [-0.2, -0.15) is 13.2 Å². The highest BCUT2D eigenvalue weighted by Gasteiger charge is 2.52. The highest BCUT2D eigenvalue weighted by molar-refractivity contribution is 6.13. The topological polar surface area (TPSA) is 88.3 Å². The quantitative estimate of drug-likeness (QED) is 0.378. The maximum absolute atomic E-state index is 12.4. The molecule has 86 valence electrons. The average molecular weight is 251 g/mol. The van der Waals surface area contributed by atoms with Crippen LogP contribution in [0.15, 0.2) is 15.0 Å². The van der Waals surface area contributed by atoms with E-state index in [-0.39, 0.29) is 0 Å². The van der Waals surface area contributed by atoms with Gasteiger partial charge in [0.25, 0.3) is 5.79 Å². The largest absolute Gasteiger partial charge is 0.394 e. The molecule has 0 radical (unpaired) electrons. The first-order chi connectivity index (χ1) is 7.34. The van der Waals surface area contributed by atoms with Crippen molar-refractivity contribution in [3.63, 3.8) is 0 Å². The van der Waals surface area contributed by atoms with Gasteiger partial charge in [0.05, 0.1) is 0 Å². The number of halogens is 3. The van der Waals surface area contributed by atoms with Crippen molar-refractivity contribution in [1.29, 1.82) is 0 Å². The number of nitrogens with zero attached hydrogens (tertiary/aromatic N) is 3. The molecule has 0 aromatic rings. The van der Waals surface area contributed by atoms with Crippen molar-refractivity contribution in [2.24, 2.45) is 15.0 Å². The second-order valence-electron chi connectivity index (χ2n) is 2.56.